The zero-order chi connectivity index (χ0) is 23.8. The highest BCUT2D eigenvalue weighted by Gasteiger charge is 2.38. The van der Waals surface area contributed by atoms with Gasteiger partial charge in [-0.15, -0.1) is 0 Å². The van der Waals surface area contributed by atoms with Gasteiger partial charge in [0.05, 0.1) is 11.6 Å². The van der Waals surface area contributed by atoms with Gasteiger partial charge < -0.3 is 19.3 Å². The Balaban J connectivity index is 1.37. The molecule has 3 aliphatic rings. The summed E-state index contributed by atoms with van der Waals surface area (Å²) in [7, 11) is 0. The molecule has 182 valence electrons. The van der Waals surface area contributed by atoms with Crippen LogP contribution in [0, 0.1) is 5.92 Å². The van der Waals surface area contributed by atoms with Gasteiger partial charge in [-0.25, -0.2) is 4.98 Å². The van der Waals surface area contributed by atoms with Gasteiger partial charge in [0.15, 0.2) is 0 Å². The molecule has 0 amide bonds. The highest BCUT2D eigenvalue weighted by molar-refractivity contribution is 5.92. The maximum atomic E-state index is 11.3. The number of carboxylic acid groups (broad SMARTS) is 1. The molecule has 3 fully saturated rings. The lowest BCUT2D eigenvalue weighted by Gasteiger charge is -2.33. The average molecular weight is 474 g/mol. The third-order valence-corrected chi connectivity index (χ3v) is 7.57. The second-order valence-corrected chi connectivity index (χ2v) is 10.1. The number of pyridine rings is 1. The number of ether oxygens (including phenoxy) is 3. The second-order valence-electron chi connectivity index (χ2n) is 10.1. The van der Waals surface area contributed by atoms with Crippen molar-refractivity contribution >= 4 is 16.7 Å². The summed E-state index contributed by atoms with van der Waals surface area (Å²) in [6, 6.07) is 16.4. The van der Waals surface area contributed by atoms with Crippen LogP contribution < -0.4 is 9.47 Å². The predicted molar refractivity (Wildman–Crippen MR) is 132 cm³/mol. The zero-order valence-corrected chi connectivity index (χ0v) is 19.8. The number of fused-ring (bicyclic) bond motifs is 1. The molecule has 0 bridgehead atoms. The van der Waals surface area contributed by atoms with E-state index in [0.29, 0.717) is 37.2 Å². The number of hydrogen-bond acceptors (Lipinski definition) is 5. The Morgan fingerprint density at radius 2 is 1.74 bits per heavy atom. The topological polar surface area (TPSA) is 77.9 Å². The molecule has 2 aliphatic carbocycles. The summed E-state index contributed by atoms with van der Waals surface area (Å²) >= 11 is 0. The maximum Gasteiger partial charge on any atom is 0.306 e. The van der Waals surface area contributed by atoms with Crippen molar-refractivity contribution in [3.05, 3.63) is 65.4 Å². The summed E-state index contributed by atoms with van der Waals surface area (Å²) in [5.74, 6) is 1.25. The quantitative estimate of drug-likeness (QED) is 0.444. The number of carbonyl (C=O) groups is 1. The molecule has 1 aromatic heterocycles. The summed E-state index contributed by atoms with van der Waals surface area (Å²) < 4.78 is 18.1. The predicted octanol–water partition coefficient (Wildman–Crippen LogP) is 5.83. The highest BCUT2D eigenvalue weighted by atomic mass is 16.5. The largest absolute Gasteiger partial charge is 0.489 e. The second kappa shape index (κ2) is 9.50. The van der Waals surface area contributed by atoms with Gasteiger partial charge in [0.1, 0.15) is 18.5 Å². The van der Waals surface area contributed by atoms with Crippen LogP contribution in [0.3, 0.4) is 0 Å². The van der Waals surface area contributed by atoms with Crippen molar-refractivity contribution < 1.29 is 24.1 Å². The number of hydrogen-bond donors (Lipinski definition) is 1. The van der Waals surface area contributed by atoms with Crippen LogP contribution >= 0.6 is 0 Å². The first-order valence-electron chi connectivity index (χ1n) is 12.8. The third kappa shape index (κ3) is 4.72. The smallest absolute Gasteiger partial charge is 0.306 e. The molecule has 6 nitrogen and oxygen atoms in total. The minimum Gasteiger partial charge on any atom is -0.489 e. The van der Waals surface area contributed by atoms with Gasteiger partial charge in [-0.2, -0.15) is 0 Å². The van der Waals surface area contributed by atoms with E-state index in [1.54, 1.807) is 0 Å². The Morgan fingerprint density at radius 3 is 2.46 bits per heavy atom. The molecule has 0 radical (unpaired) electrons. The SMILES string of the molecule is O=C(O)[C@H]1C[C@H](Oc2nc(C3CCOCC3)c(C3CC3)c3ccc(OCc4ccccc4)cc23)C1. The van der Waals surface area contributed by atoms with E-state index >= 15 is 0 Å². The molecule has 2 aromatic carbocycles. The molecular weight excluding hydrogens is 442 g/mol. The lowest BCUT2D eigenvalue weighted by molar-refractivity contribution is -0.148. The Bertz CT molecular complexity index is 1210. The summed E-state index contributed by atoms with van der Waals surface area (Å²) in [6.45, 7) is 2.02. The standard InChI is InChI=1S/C29H31NO5/c31-29(32)21-14-23(15-21)35-28-25-16-22(34-17-18-4-2-1-3-5-18)8-9-24(25)26(19-6-7-19)27(30-28)20-10-12-33-13-11-20/h1-5,8-9,16,19-21,23H,6-7,10-15,17H2,(H,31,32)/t21-,23-. The molecule has 35 heavy (non-hydrogen) atoms. The first-order valence-corrected chi connectivity index (χ1v) is 12.8. The lowest BCUT2D eigenvalue weighted by Crippen LogP contribution is -2.38. The van der Waals surface area contributed by atoms with Crippen LogP contribution in [-0.4, -0.2) is 35.4 Å². The molecule has 0 atom stereocenters. The van der Waals surface area contributed by atoms with Gasteiger partial charge in [-0.1, -0.05) is 36.4 Å². The highest BCUT2D eigenvalue weighted by Crippen LogP contribution is 2.49. The zero-order valence-electron chi connectivity index (χ0n) is 19.8. The van der Waals surface area contributed by atoms with Crippen molar-refractivity contribution in [2.24, 2.45) is 5.92 Å². The molecule has 0 spiro atoms. The van der Waals surface area contributed by atoms with E-state index in [1.165, 1.54) is 23.8 Å². The monoisotopic (exact) mass is 473 g/mol. The Kier molecular flexibility index (Phi) is 6.06. The molecule has 1 aliphatic heterocycles. The number of nitrogens with zero attached hydrogens (tertiary/aromatic N) is 1. The molecule has 1 N–H and O–H groups in total. The lowest BCUT2D eigenvalue weighted by atomic mass is 9.82. The number of aliphatic carboxylic acids is 1. The number of aromatic nitrogens is 1. The van der Waals surface area contributed by atoms with E-state index in [9.17, 15) is 9.90 Å². The van der Waals surface area contributed by atoms with Gasteiger partial charge in [0.25, 0.3) is 0 Å². The molecule has 3 aromatic rings. The first kappa shape index (κ1) is 22.4. The third-order valence-electron chi connectivity index (χ3n) is 7.57. The van der Waals surface area contributed by atoms with Gasteiger partial charge in [0.2, 0.25) is 5.88 Å². The van der Waals surface area contributed by atoms with Gasteiger partial charge in [-0.3, -0.25) is 4.79 Å². The molecule has 0 unspecified atom stereocenters. The van der Waals surface area contributed by atoms with Crippen molar-refractivity contribution in [2.45, 2.75) is 63.1 Å². The molecule has 1 saturated heterocycles. The van der Waals surface area contributed by atoms with Crippen LogP contribution in [0.1, 0.15) is 67.2 Å². The Hall–Kier alpha value is -3.12. The van der Waals surface area contributed by atoms with E-state index in [2.05, 4.69) is 24.3 Å². The van der Waals surface area contributed by atoms with Crippen molar-refractivity contribution in [2.75, 3.05) is 13.2 Å². The summed E-state index contributed by atoms with van der Waals surface area (Å²) in [5, 5.41) is 11.5. The van der Waals surface area contributed by atoms with Crippen molar-refractivity contribution in [3.63, 3.8) is 0 Å². The normalized spacial score (nSPS) is 22.5. The van der Waals surface area contributed by atoms with Crippen LogP contribution in [0.15, 0.2) is 48.5 Å². The van der Waals surface area contributed by atoms with Crippen LogP contribution in [0.2, 0.25) is 0 Å². The maximum absolute atomic E-state index is 11.3. The average Bonchev–Trinajstić information content (AvgIpc) is 3.70. The van der Waals surface area contributed by atoms with Crippen LogP contribution in [0.25, 0.3) is 10.8 Å². The van der Waals surface area contributed by atoms with Crippen molar-refractivity contribution in [3.8, 4) is 11.6 Å². The van der Waals surface area contributed by atoms with E-state index in [-0.39, 0.29) is 12.0 Å². The van der Waals surface area contributed by atoms with Gasteiger partial charge in [0, 0.05) is 24.5 Å². The number of carboxylic acids is 1. The summed E-state index contributed by atoms with van der Waals surface area (Å²) in [6.07, 6.45) is 5.28. The van der Waals surface area contributed by atoms with Crippen LogP contribution in [0.4, 0.5) is 0 Å². The first-order chi connectivity index (χ1) is 17.2. The van der Waals surface area contributed by atoms with Gasteiger partial charge >= 0.3 is 5.97 Å². The van der Waals surface area contributed by atoms with E-state index in [4.69, 9.17) is 19.2 Å². The molecular formula is C29H31NO5. The van der Waals surface area contributed by atoms with Crippen LogP contribution in [0.5, 0.6) is 11.6 Å². The molecule has 2 saturated carbocycles. The van der Waals surface area contributed by atoms with Crippen molar-refractivity contribution in [1.29, 1.82) is 0 Å². The van der Waals surface area contributed by atoms with E-state index in [0.717, 1.165) is 48.4 Å². The fourth-order valence-corrected chi connectivity index (χ4v) is 5.33. The van der Waals surface area contributed by atoms with Crippen LogP contribution in [-0.2, 0) is 16.1 Å². The summed E-state index contributed by atoms with van der Waals surface area (Å²) in [5.41, 5.74) is 3.64. The van der Waals surface area contributed by atoms with E-state index < -0.39 is 5.97 Å². The van der Waals surface area contributed by atoms with Gasteiger partial charge in [-0.05, 0) is 73.1 Å². The minimum absolute atomic E-state index is 0.116. The Labute approximate surface area is 205 Å². The van der Waals surface area contributed by atoms with E-state index in [1.807, 2.05) is 24.3 Å². The summed E-state index contributed by atoms with van der Waals surface area (Å²) in [4.78, 5) is 16.5. The Morgan fingerprint density at radius 1 is 0.971 bits per heavy atom. The fourth-order valence-electron chi connectivity index (χ4n) is 5.33. The molecule has 6 heteroatoms. The minimum atomic E-state index is -0.744. The fraction of sp³-hybridized carbons (Fsp3) is 0.448. The molecule has 2 heterocycles. The number of benzene rings is 2. The van der Waals surface area contributed by atoms with Crippen molar-refractivity contribution in [1.82, 2.24) is 4.98 Å². The number of rotatable bonds is 8. The molecule has 6 rings (SSSR count).